The Hall–Kier alpha value is -0.590. The van der Waals surface area contributed by atoms with E-state index in [1.165, 1.54) is 0 Å². The predicted molar refractivity (Wildman–Crippen MR) is 50.8 cm³/mol. The number of carboxylic acid groups (broad SMARTS) is 1. The van der Waals surface area contributed by atoms with Gasteiger partial charge >= 0.3 is 14.1 Å². The Morgan fingerprint density at radius 1 is 1.53 bits per heavy atom. The van der Waals surface area contributed by atoms with Crippen molar-refractivity contribution in [2.45, 2.75) is 12.1 Å². The Labute approximate surface area is 88.8 Å². The maximum atomic E-state index is 10.5. The first-order chi connectivity index (χ1) is 6.54. The number of quaternary nitrogens is 1. The summed E-state index contributed by atoms with van der Waals surface area (Å²) in [6.45, 7) is -0.0391. The van der Waals surface area contributed by atoms with Crippen LogP contribution in [0.2, 0.25) is 0 Å². The Morgan fingerprint density at radius 3 is 2.27 bits per heavy atom. The molecule has 0 heterocycles. The van der Waals surface area contributed by atoms with Crippen LogP contribution in [0.1, 0.15) is 6.42 Å². The van der Waals surface area contributed by atoms with Crippen molar-refractivity contribution in [2.75, 3.05) is 27.7 Å². The van der Waals surface area contributed by atoms with Crippen LogP contribution in [0.15, 0.2) is 0 Å². The van der Waals surface area contributed by atoms with E-state index in [0.717, 1.165) is 0 Å². The molecule has 0 aromatic heterocycles. The highest BCUT2D eigenvalue weighted by Gasteiger charge is 2.40. The molecule has 1 unspecified atom stereocenters. The second kappa shape index (κ2) is 4.96. The van der Waals surface area contributed by atoms with Crippen LogP contribution in [0, 0.1) is 0 Å². The van der Waals surface area contributed by atoms with Crippen molar-refractivity contribution in [1.29, 1.82) is 0 Å². The number of aliphatic hydroxyl groups is 1. The van der Waals surface area contributed by atoms with Crippen LogP contribution in [0.3, 0.4) is 0 Å². The number of hydrogen-bond acceptors (Lipinski definition) is 4. The third-order valence-corrected chi connectivity index (χ3v) is 2.08. The summed E-state index contributed by atoms with van der Waals surface area (Å²) in [7, 11) is 2.10. The summed E-state index contributed by atoms with van der Waals surface area (Å²) in [6.07, 6.45) is -0.675. The molecule has 0 rings (SSSR count). The molecule has 0 bridgehead atoms. The standard InChI is InChI=1S/C7H15N2O5P/c1-9(2,3)5-7(12,4-6(10)11)8-15(13)14/h12H,4-5H2,1-3H3,(H-,8,10,11,13,14)/p+1/t7-/m1/s1. The zero-order valence-corrected chi connectivity index (χ0v) is 9.82. The monoisotopic (exact) mass is 239 g/mol. The van der Waals surface area contributed by atoms with E-state index in [2.05, 4.69) is 0 Å². The van der Waals surface area contributed by atoms with Crippen molar-refractivity contribution in [2.24, 2.45) is 0 Å². The third kappa shape index (κ3) is 7.35. The van der Waals surface area contributed by atoms with Gasteiger partial charge in [0.05, 0.1) is 27.6 Å². The molecule has 0 saturated carbocycles. The molecule has 88 valence electrons. The summed E-state index contributed by atoms with van der Waals surface area (Å²) >= 11 is 0. The van der Waals surface area contributed by atoms with Crippen molar-refractivity contribution >= 4 is 14.1 Å². The molecule has 7 nitrogen and oxygen atoms in total. The van der Waals surface area contributed by atoms with E-state index < -0.39 is 26.3 Å². The highest BCUT2D eigenvalue weighted by molar-refractivity contribution is 7.34. The Bertz CT molecular complexity index is 247. The summed E-state index contributed by atoms with van der Waals surface area (Å²) in [6, 6.07) is 0. The SMILES string of the molecule is C[N+](C)(C)C[C@](O)(CC(=O)O)N[P+](=O)[O-]. The number of likely N-dealkylation sites (N-methyl/N-ethyl adjacent to an activating group) is 1. The van der Waals surface area contributed by atoms with Crippen LogP contribution in [-0.2, 0) is 9.36 Å². The molecule has 0 amide bonds. The topological polar surface area (TPSA) is 110 Å². The Morgan fingerprint density at radius 2 is 2.00 bits per heavy atom. The maximum Gasteiger partial charge on any atom is 0.411 e. The van der Waals surface area contributed by atoms with Crippen molar-refractivity contribution < 1.29 is 28.9 Å². The van der Waals surface area contributed by atoms with E-state index >= 15 is 0 Å². The first-order valence-corrected chi connectivity index (χ1v) is 5.39. The van der Waals surface area contributed by atoms with Crippen LogP contribution in [0.5, 0.6) is 0 Å². The lowest BCUT2D eigenvalue weighted by molar-refractivity contribution is -0.877. The summed E-state index contributed by atoms with van der Waals surface area (Å²) in [5, 5.41) is 20.2. The van der Waals surface area contributed by atoms with Gasteiger partial charge in [0.1, 0.15) is 6.54 Å². The molecular weight excluding hydrogens is 223 g/mol. The van der Waals surface area contributed by atoms with Gasteiger partial charge in [-0.3, -0.25) is 4.79 Å². The van der Waals surface area contributed by atoms with Crippen molar-refractivity contribution in [1.82, 2.24) is 5.09 Å². The molecule has 0 saturated heterocycles. The Kier molecular flexibility index (Phi) is 4.76. The number of hydrogen-bond donors (Lipinski definition) is 3. The lowest BCUT2D eigenvalue weighted by Crippen LogP contribution is -2.56. The summed E-state index contributed by atoms with van der Waals surface area (Å²) in [5.74, 6) is -1.27. The average molecular weight is 239 g/mol. The van der Waals surface area contributed by atoms with Crippen LogP contribution >= 0.6 is 8.18 Å². The van der Waals surface area contributed by atoms with Crippen molar-refractivity contribution in [3.63, 3.8) is 0 Å². The smallest absolute Gasteiger partial charge is 0.411 e. The van der Waals surface area contributed by atoms with E-state index in [4.69, 9.17) is 5.11 Å². The molecule has 0 aliphatic rings. The number of aliphatic carboxylic acids is 1. The van der Waals surface area contributed by atoms with Gasteiger partial charge in [0.15, 0.2) is 0 Å². The van der Waals surface area contributed by atoms with Crippen LogP contribution in [0.4, 0.5) is 0 Å². The largest absolute Gasteiger partial charge is 0.578 e. The van der Waals surface area contributed by atoms with Gasteiger partial charge < -0.3 is 19.6 Å². The van der Waals surface area contributed by atoms with E-state index in [0.29, 0.717) is 0 Å². The van der Waals surface area contributed by atoms with Crippen molar-refractivity contribution in [3.8, 4) is 0 Å². The first-order valence-electron chi connectivity index (χ1n) is 4.21. The van der Waals surface area contributed by atoms with Gasteiger partial charge in [-0.05, 0) is 0 Å². The highest BCUT2D eigenvalue weighted by atomic mass is 31.1. The van der Waals surface area contributed by atoms with E-state index in [1.54, 1.807) is 21.1 Å². The predicted octanol–water partition coefficient (Wildman–Crippen LogP) is -1.54. The maximum absolute atomic E-state index is 10.5. The number of carboxylic acids is 1. The van der Waals surface area contributed by atoms with Gasteiger partial charge in [0, 0.05) is 0 Å². The number of carbonyl (C=O) groups is 1. The van der Waals surface area contributed by atoms with Crippen LogP contribution in [0.25, 0.3) is 0 Å². The second-order valence-electron chi connectivity index (χ2n) is 4.42. The van der Waals surface area contributed by atoms with Crippen LogP contribution in [-0.4, -0.2) is 54.1 Å². The molecule has 0 aliphatic heterocycles. The molecule has 0 aromatic carbocycles. The van der Waals surface area contributed by atoms with Crippen molar-refractivity contribution in [3.05, 3.63) is 0 Å². The van der Waals surface area contributed by atoms with Gasteiger partial charge in [-0.1, -0.05) is 9.65 Å². The minimum absolute atomic E-state index is 0.0391. The lowest BCUT2D eigenvalue weighted by Gasteiger charge is -2.32. The van der Waals surface area contributed by atoms with Gasteiger partial charge in [-0.25, -0.2) is 0 Å². The van der Waals surface area contributed by atoms with Gasteiger partial charge in [0.2, 0.25) is 5.72 Å². The zero-order valence-electron chi connectivity index (χ0n) is 8.93. The van der Waals surface area contributed by atoms with Gasteiger partial charge in [-0.15, -0.1) is 0 Å². The highest BCUT2D eigenvalue weighted by Crippen LogP contribution is 2.17. The number of nitrogens with zero attached hydrogens (tertiary/aromatic N) is 1. The molecule has 2 atom stereocenters. The lowest BCUT2D eigenvalue weighted by atomic mass is 10.1. The molecule has 15 heavy (non-hydrogen) atoms. The molecule has 0 spiro atoms. The van der Waals surface area contributed by atoms with Gasteiger partial charge in [-0.2, -0.15) is 0 Å². The normalized spacial score (nSPS) is 17.0. The Balaban J connectivity index is 4.69. The van der Waals surface area contributed by atoms with E-state index in [9.17, 15) is 19.4 Å². The fourth-order valence-electron chi connectivity index (χ4n) is 1.34. The van der Waals surface area contributed by atoms with Gasteiger partial charge in [0.25, 0.3) is 0 Å². The summed E-state index contributed by atoms with van der Waals surface area (Å²) in [4.78, 5) is 20.9. The molecule has 0 fully saturated rings. The number of rotatable bonds is 6. The molecular formula is C7H16N2O5P+. The zero-order chi connectivity index (χ0) is 12.3. The third-order valence-electron chi connectivity index (χ3n) is 1.48. The molecule has 8 heteroatoms. The molecule has 3 N–H and O–H groups in total. The average Bonchev–Trinajstić information content (AvgIpc) is 1.73. The minimum atomic E-state index is -3.05. The molecule has 0 aromatic rings. The quantitative estimate of drug-likeness (QED) is 0.294. The van der Waals surface area contributed by atoms with E-state index in [1.807, 2.05) is 5.09 Å². The number of nitrogens with one attached hydrogen (secondary N) is 1. The first kappa shape index (κ1) is 14.4. The fourth-order valence-corrected chi connectivity index (χ4v) is 1.83. The fraction of sp³-hybridized carbons (Fsp3) is 0.857. The molecule has 0 radical (unpaired) electrons. The second-order valence-corrected chi connectivity index (χ2v) is 5.16. The van der Waals surface area contributed by atoms with E-state index in [-0.39, 0.29) is 11.0 Å². The minimum Gasteiger partial charge on any atom is -0.578 e. The summed E-state index contributed by atoms with van der Waals surface area (Å²) in [5.41, 5.74) is -1.95. The molecule has 0 aliphatic carbocycles. The van der Waals surface area contributed by atoms with Crippen LogP contribution < -0.4 is 9.98 Å². The summed E-state index contributed by atoms with van der Waals surface area (Å²) < 4.78 is 10.7.